The number of carbonyl (C=O) groups excluding carboxylic acids is 1. The number of carbonyl (C=O) groups is 1. The van der Waals surface area contributed by atoms with E-state index < -0.39 is 0 Å². The summed E-state index contributed by atoms with van der Waals surface area (Å²) in [5.74, 6) is 0.617. The van der Waals surface area contributed by atoms with Crippen LogP contribution in [-0.4, -0.2) is 49.7 Å². The summed E-state index contributed by atoms with van der Waals surface area (Å²) in [6, 6.07) is 0.521. The molecule has 0 aliphatic carbocycles. The van der Waals surface area contributed by atoms with Crippen LogP contribution in [0.4, 0.5) is 0 Å². The van der Waals surface area contributed by atoms with E-state index in [1.165, 1.54) is 32.5 Å². The molecular formula is C11H20N2O2. The fraction of sp³-hybridized carbons (Fsp3) is 0.909. The number of nitrogens with one attached hydrogen (secondary N) is 1. The third kappa shape index (κ3) is 2.69. The second kappa shape index (κ2) is 4.94. The first-order valence-electron chi connectivity index (χ1n) is 5.91. The maximum Gasteiger partial charge on any atom is 0.319 e. The molecule has 0 radical (unpaired) electrons. The van der Waals surface area contributed by atoms with E-state index in [0.29, 0.717) is 19.2 Å². The Morgan fingerprint density at radius 2 is 2.27 bits per heavy atom. The second-order valence-electron chi connectivity index (χ2n) is 4.43. The summed E-state index contributed by atoms with van der Waals surface area (Å²) >= 11 is 0. The molecule has 2 rings (SSSR count). The molecule has 0 aromatic heterocycles. The number of esters is 1. The Balaban J connectivity index is 1.72. The fourth-order valence-electron chi connectivity index (χ4n) is 2.65. The van der Waals surface area contributed by atoms with Crippen molar-refractivity contribution in [3.8, 4) is 0 Å². The quantitative estimate of drug-likeness (QED) is 0.678. The van der Waals surface area contributed by atoms with Gasteiger partial charge in [0.05, 0.1) is 13.2 Å². The fourth-order valence-corrected chi connectivity index (χ4v) is 2.65. The van der Waals surface area contributed by atoms with Crippen molar-refractivity contribution in [2.75, 3.05) is 32.8 Å². The van der Waals surface area contributed by atoms with Crippen LogP contribution in [0.15, 0.2) is 0 Å². The van der Waals surface area contributed by atoms with E-state index in [9.17, 15) is 4.79 Å². The first kappa shape index (κ1) is 10.9. The van der Waals surface area contributed by atoms with Gasteiger partial charge in [-0.2, -0.15) is 0 Å². The first-order chi connectivity index (χ1) is 7.29. The van der Waals surface area contributed by atoms with Crippen molar-refractivity contribution in [2.45, 2.75) is 25.8 Å². The Morgan fingerprint density at radius 1 is 1.47 bits per heavy atom. The van der Waals surface area contributed by atoms with Crippen molar-refractivity contribution in [3.05, 3.63) is 0 Å². The molecule has 2 aliphatic heterocycles. The van der Waals surface area contributed by atoms with E-state index in [1.807, 2.05) is 6.92 Å². The lowest BCUT2D eigenvalue weighted by Crippen LogP contribution is -2.45. The number of hydrogen-bond acceptors (Lipinski definition) is 4. The zero-order valence-electron chi connectivity index (χ0n) is 9.37. The van der Waals surface area contributed by atoms with Crippen molar-refractivity contribution < 1.29 is 9.53 Å². The number of ether oxygens (including phenoxy) is 1. The van der Waals surface area contributed by atoms with E-state index in [0.717, 1.165) is 5.92 Å². The van der Waals surface area contributed by atoms with Crippen LogP contribution in [0.5, 0.6) is 0 Å². The molecule has 1 N–H and O–H groups in total. The van der Waals surface area contributed by atoms with Crippen molar-refractivity contribution in [1.82, 2.24) is 10.2 Å². The molecule has 0 aromatic rings. The topological polar surface area (TPSA) is 41.6 Å². The minimum Gasteiger partial charge on any atom is -0.465 e. The largest absolute Gasteiger partial charge is 0.465 e. The van der Waals surface area contributed by atoms with Gasteiger partial charge in [0, 0.05) is 12.6 Å². The van der Waals surface area contributed by atoms with Crippen molar-refractivity contribution in [2.24, 2.45) is 5.92 Å². The van der Waals surface area contributed by atoms with Gasteiger partial charge in [0.2, 0.25) is 0 Å². The van der Waals surface area contributed by atoms with Crippen LogP contribution in [0.25, 0.3) is 0 Å². The van der Waals surface area contributed by atoms with Gasteiger partial charge in [-0.1, -0.05) is 0 Å². The number of rotatable bonds is 4. The Labute approximate surface area is 91.0 Å². The Morgan fingerprint density at radius 3 is 3.07 bits per heavy atom. The molecule has 15 heavy (non-hydrogen) atoms. The highest BCUT2D eigenvalue weighted by atomic mass is 16.5. The molecule has 0 saturated carbocycles. The molecule has 3 atom stereocenters. The molecule has 3 unspecified atom stereocenters. The molecule has 0 spiro atoms. The van der Waals surface area contributed by atoms with Gasteiger partial charge < -0.3 is 15.0 Å². The van der Waals surface area contributed by atoms with Crippen molar-refractivity contribution in [1.29, 1.82) is 0 Å². The zero-order chi connectivity index (χ0) is 10.7. The standard InChI is InChI=1S/C11H20N2O2/c1-2-15-11(14)7-12-10-4-6-13-5-3-9(10)8-13/h9-10,12H,2-8H2,1H3. The number of hydrogen-bond donors (Lipinski definition) is 1. The molecule has 4 heteroatoms. The highest BCUT2D eigenvalue weighted by Crippen LogP contribution is 2.26. The molecule has 2 saturated heterocycles. The molecule has 4 nitrogen and oxygen atoms in total. The normalized spacial score (nSPS) is 34.1. The maximum absolute atomic E-state index is 11.2. The molecular weight excluding hydrogens is 192 g/mol. The third-order valence-corrected chi connectivity index (χ3v) is 3.45. The predicted octanol–water partition coefficient (Wildman–Crippen LogP) is 0.233. The SMILES string of the molecule is CCOC(=O)CNC1CCN2CCC1C2. The van der Waals surface area contributed by atoms with E-state index in [-0.39, 0.29) is 5.97 Å². The second-order valence-corrected chi connectivity index (χ2v) is 4.43. The van der Waals surface area contributed by atoms with Crippen LogP contribution in [0.3, 0.4) is 0 Å². The van der Waals surface area contributed by atoms with Gasteiger partial charge in [-0.3, -0.25) is 4.79 Å². The minimum absolute atomic E-state index is 0.127. The van der Waals surface area contributed by atoms with Crippen LogP contribution < -0.4 is 5.32 Å². The highest BCUT2D eigenvalue weighted by Gasteiger charge is 2.33. The van der Waals surface area contributed by atoms with Gasteiger partial charge in [-0.15, -0.1) is 0 Å². The van der Waals surface area contributed by atoms with E-state index in [2.05, 4.69) is 10.2 Å². The van der Waals surface area contributed by atoms with Gasteiger partial charge >= 0.3 is 5.97 Å². The van der Waals surface area contributed by atoms with E-state index in [4.69, 9.17) is 4.74 Å². The van der Waals surface area contributed by atoms with Gasteiger partial charge in [-0.05, 0) is 38.8 Å². The monoisotopic (exact) mass is 212 g/mol. The summed E-state index contributed by atoms with van der Waals surface area (Å²) in [6.45, 7) is 6.31. The molecule has 2 heterocycles. The zero-order valence-corrected chi connectivity index (χ0v) is 9.37. The molecule has 2 fully saturated rings. The van der Waals surface area contributed by atoms with Crippen LogP contribution >= 0.6 is 0 Å². The van der Waals surface area contributed by atoms with Crippen LogP contribution in [-0.2, 0) is 9.53 Å². The Bertz CT molecular complexity index is 233. The molecule has 86 valence electrons. The van der Waals surface area contributed by atoms with Gasteiger partial charge in [0.1, 0.15) is 0 Å². The summed E-state index contributed by atoms with van der Waals surface area (Å²) in [6.07, 6.45) is 2.45. The summed E-state index contributed by atoms with van der Waals surface area (Å²) in [5, 5.41) is 3.33. The molecule has 2 bridgehead atoms. The van der Waals surface area contributed by atoms with Gasteiger partial charge in [0.15, 0.2) is 0 Å². The summed E-state index contributed by atoms with van der Waals surface area (Å²) in [5.41, 5.74) is 0. The minimum atomic E-state index is -0.127. The molecule has 2 aliphatic rings. The van der Waals surface area contributed by atoms with Gasteiger partial charge in [-0.25, -0.2) is 0 Å². The summed E-state index contributed by atoms with van der Waals surface area (Å²) in [4.78, 5) is 13.7. The average molecular weight is 212 g/mol. The maximum atomic E-state index is 11.2. The predicted molar refractivity (Wildman–Crippen MR) is 57.6 cm³/mol. The number of nitrogens with zero attached hydrogens (tertiary/aromatic N) is 1. The van der Waals surface area contributed by atoms with Crippen LogP contribution in [0.2, 0.25) is 0 Å². The highest BCUT2D eigenvalue weighted by molar-refractivity contribution is 5.71. The van der Waals surface area contributed by atoms with E-state index in [1.54, 1.807) is 0 Å². The van der Waals surface area contributed by atoms with Gasteiger partial charge in [0.25, 0.3) is 0 Å². The smallest absolute Gasteiger partial charge is 0.319 e. The first-order valence-corrected chi connectivity index (χ1v) is 5.91. The summed E-state index contributed by atoms with van der Waals surface area (Å²) < 4.78 is 4.90. The number of piperidine rings is 1. The lowest BCUT2D eigenvalue weighted by Gasteiger charge is -2.30. The third-order valence-electron chi connectivity index (χ3n) is 3.45. The number of fused-ring (bicyclic) bond motifs is 2. The lowest BCUT2D eigenvalue weighted by molar-refractivity contribution is -0.142. The van der Waals surface area contributed by atoms with Crippen molar-refractivity contribution >= 4 is 5.97 Å². The average Bonchev–Trinajstić information content (AvgIpc) is 2.61. The van der Waals surface area contributed by atoms with Crippen LogP contribution in [0.1, 0.15) is 19.8 Å². The van der Waals surface area contributed by atoms with Crippen LogP contribution in [0, 0.1) is 5.92 Å². The molecule has 0 amide bonds. The Kier molecular flexibility index (Phi) is 3.59. The molecule has 0 aromatic carbocycles. The summed E-state index contributed by atoms with van der Waals surface area (Å²) in [7, 11) is 0. The van der Waals surface area contributed by atoms with Crippen molar-refractivity contribution in [3.63, 3.8) is 0 Å². The van der Waals surface area contributed by atoms with E-state index >= 15 is 0 Å². The Hall–Kier alpha value is -0.610. The lowest BCUT2D eigenvalue weighted by atomic mass is 9.94.